The van der Waals surface area contributed by atoms with Gasteiger partial charge in [0.1, 0.15) is 6.17 Å². The van der Waals surface area contributed by atoms with Gasteiger partial charge in [0.25, 0.3) is 0 Å². The summed E-state index contributed by atoms with van der Waals surface area (Å²) in [5.74, 6) is 2.31. The molecule has 36 heavy (non-hydrogen) atoms. The topological polar surface area (TPSA) is 6.48 Å². The molecule has 0 saturated heterocycles. The van der Waals surface area contributed by atoms with Crippen LogP contribution in [0.1, 0.15) is 107 Å². The van der Waals surface area contributed by atoms with Crippen LogP contribution in [-0.2, 0) is 5.54 Å². The van der Waals surface area contributed by atoms with E-state index < -0.39 is 0 Å². The molecular formula is C34H44N2. The lowest BCUT2D eigenvalue weighted by molar-refractivity contribution is -0.0200. The lowest BCUT2D eigenvalue weighted by atomic mass is 9.63. The summed E-state index contributed by atoms with van der Waals surface area (Å²) in [5, 5.41) is 0. The van der Waals surface area contributed by atoms with E-state index in [4.69, 9.17) is 0 Å². The number of benzene rings is 2. The van der Waals surface area contributed by atoms with Crippen molar-refractivity contribution in [2.24, 2.45) is 17.8 Å². The third kappa shape index (κ3) is 3.15. The molecule has 0 amide bonds. The van der Waals surface area contributed by atoms with Gasteiger partial charge in [-0.25, -0.2) is 0 Å². The fourth-order valence-electron chi connectivity index (χ4n) is 9.54. The molecule has 2 aliphatic heterocycles. The van der Waals surface area contributed by atoms with Gasteiger partial charge in [-0.05, 0) is 87.3 Å². The van der Waals surface area contributed by atoms with Crippen LogP contribution in [0, 0.1) is 24.7 Å². The standard InChI is InChI=1S/C34H44N2/c1-24-14-6-13-23-31(24)35-25(2)32-29-21-11-12-22-30(29)34(28-19-9-10-20-28,27-17-4-3-5-18-27)36(32)33(35)26-15-7-8-16-26/h6,11-14,21-23,26-28,33H,3-5,7-10,15-20H2,1-2H3. The highest BCUT2D eigenvalue weighted by Gasteiger charge is 2.62. The largest absolute Gasteiger partial charge is 0.338 e. The summed E-state index contributed by atoms with van der Waals surface area (Å²) >= 11 is 0. The summed E-state index contributed by atoms with van der Waals surface area (Å²) in [6, 6.07) is 18.9. The zero-order valence-corrected chi connectivity index (χ0v) is 22.5. The first kappa shape index (κ1) is 22.9. The number of nitrogens with zero attached hydrogens (tertiary/aromatic N) is 2. The van der Waals surface area contributed by atoms with E-state index in [1.165, 1.54) is 100 Å². The molecule has 7 rings (SSSR count). The summed E-state index contributed by atoms with van der Waals surface area (Å²) in [7, 11) is 0. The predicted molar refractivity (Wildman–Crippen MR) is 150 cm³/mol. The molecule has 0 aromatic heterocycles. The van der Waals surface area contributed by atoms with Crippen molar-refractivity contribution in [2.45, 2.75) is 109 Å². The highest BCUT2D eigenvalue weighted by molar-refractivity contribution is 5.83. The van der Waals surface area contributed by atoms with Gasteiger partial charge in [-0.1, -0.05) is 87.4 Å². The van der Waals surface area contributed by atoms with E-state index in [1.807, 2.05) is 0 Å². The molecule has 0 N–H and O–H groups in total. The van der Waals surface area contributed by atoms with Gasteiger partial charge in [-0.2, -0.15) is 0 Å². The normalized spacial score (nSPS) is 29.4. The summed E-state index contributed by atoms with van der Waals surface area (Å²) < 4.78 is 0. The number of hydrogen-bond donors (Lipinski definition) is 0. The average Bonchev–Trinajstić information content (AvgIpc) is 3.71. The second-order valence-electron chi connectivity index (χ2n) is 12.6. The summed E-state index contributed by atoms with van der Waals surface area (Å²) in [6.07, 6.45) is 18.8. The van der Waals surface area contributed by atoms with Crippen LogP contribution in [0.25, 0.3) is 5.70 Å². The Morgan fingerprint density at radius 1 is 0.667 bits per heavy atom. The lowest BCUT2D eigenvalue weighted by Crippen LogP contribution is -2.59. The van der Waals surface area contributed by atoms with E-state index in [2.05, 4.69) is 72.2 Å². The number of allylic oxidation sites excluding steroid dienone is 1. The number of para-hydroxylation sites is 1. The molecule has 2 atom stereocenters. The average molecular weight is 481 g/mol. The van der Waals surface area contributed by atoms with E-state index in [-0.39, 0.29) is 5.54 Å². The SMILES string of the molecule is CC1=C2c3ccccc3C(C3CCCCC3)(C3CCCC3)N2C(C2CCCC2)N1c1ccccc1C. The van der Waals surface area contributed by atoms with Gasteiger partial charge in [-0.15, -0.1) is 0 Å². The predicted octanol–water partition coefficient (Wildman–Crippen LogP) is 9.00. The van der Waals surface area contributed by atoms with Crippen molar-refractivity contribution < 1.29 is 0 Å². The van der Waals surface area contributed by atoms with Crippen LogP contribution >= 0.6 is 0 Å². The second-order valence-corrected chi connectivity index (χ2v) is 12.6. The van der Waals surface area contributed by atoms with Crippen LogP contribution < -0.4 is 4.90 Å². The molecule has 190 valence electrons. The van der Waals surface area contributed by atoms with Crippen molar-refractivity contribution >= 4 is 11.4 Å². The van der Waals surface area contributed by atoms with Gasteiger partial charge >= 0.3 is 0 Å². The van der Waals surface area contributed by atoms with Crippen LogP contribution in [0.3, 0.4) is 0 Å². The highest BCUT2D eigenvalue weighted by atomic mass is 15.5. The summed E-state index contributed by atoms with van der Waals surface area (Å²) in [6.45, 7) is 4.77. The molecule has 2 aromatic rings. The molecule has 0 spiro atoms. The van der Waals surface area contributed by atoms with Crippen LogP contribution in [0.4, 0.5) is 5.69 Å². The molecule has 3 saturated carbocycles. The Hall–Kier alpha value is -2.22. The van der Waals surface area contributed by atoms with Crippen LogP contribution in [0.2, 0.25) is 0 Å². The molecule has 3 aliphatic carbocycles. The smallest absolute Gasteiger partial charge is 0.110 e. The van der Waals surface area contributed by atoms with Gasteiger partial charge < -0.3 is 9.80 Å². The first-order chi connectivity index (χ1) is 17.7. The van der Waals surface area contributed by atoms with Gasteiger partial charge in [0, 0.05) is 16.9 Å². The maximum absolute atomic E-state index is 3.13. The Labute approximate surface area is 218 Å². The number of hydrogen-bond acceptors (Lipinski definition) is 2. The Morgan fingerprint density at radius 3 is 1.94 bits per heavy atom. The van der Waals surface area contributed by atoms with Crippen molar-refractivity contribution in [1.82, 2.24) is 4.90 Å². The van der Waals surface area contributed by atoms with Crippen molar-refractivity contribution in [2.75, 3.05) is 4.90 Å². The highest BCUT2D eigenvalue weighted by Crippen LogP contribution is 2.65. The van der Waals surface area contributed by atoms with Gasteiger partial charge in [-0.3, -0.25) is 0 Å². The molecule has 5 aliphatic rings. The van der Waals surface area contributed by atoms with Crippen molar-refractivity contribution in [3.05, 3.63) is 70.9 Å². The van der Waals surface area contributed by atoms with E-state index in [0.29, 0.717) is 6.17 Å². The van der Waals surface area contributed by atoms with Crippen molar-refractivity contribution in [1.29, 1.82) is 0 Å². The minimum atomic E-state index is 0.175. The van der Waals surface area contributed by atoms with E-state index in [0.717, 1.165) is 17.8 Å². The lowest BCUT2D eigenvalue weighted by Gasteiger charge is -2.55. The Bertz CT molecular complexity index is 1150. The Morgan fingerprint density at radius 2 is 1.25 bits per heavy atom. The third-order valence-electron chi connectivity index (χ3n) is 10.9. The quantitative estimate of drug-likeness (QED) is 0.431. The van der Waals surface area contributed by atoms with Crippen LogP contribution in [-0.4, -0.2) is 11.1 Å². The van der Waals surface area contributed by atoms with E-state index in [1.54, 1.807) is 16.8 Å². The minimum Gasteiger partial charge on any atom is -0.338 e. The molecule has 0 radical (unpaired) electrons. The first-order valence-corrected chi connectivity index (χ1v) is 15.2. The van der Waals surface area contributed by atoms with Crippen LogP contribution in [0.5, 0.6) is 0 Å². The number of aryl methyl sites for hydroxylation is 1. The minimum absolute atomic E-state index is 0.175. The molecule has 2 heteroatoms. The maximum atomic E-state index is 3.13. The number of anilines is 1. The first-order valence-electron chi connectivity index (χ1n) is 15.2. The van der Waals surface area contributed by atoms with E-state index in [9.17, 15) is 0 Å². The number of fused-ring (bicyclic) bond motifs is 3. The van der Waals surface area contributed by atoms with Gasteiger partial charge in [0.15, 0.2) is 0 Å². The van der Waals surface area contributed by atoms with Gasteiger partial charge in [0.05, 0.1) is 11.2 Å². The maximum Gasteiger partial charge on any atom is 0.110 e. The van der Waals surface area contributed by atoms with E-state index >= 15 is 0 Å². The third-order valence-corrected chi connectivity index (χ3v) is 10.9. The zero-order chi connectivity index (χ0) is 24.3. The molecular weight excluding hydrogens is 436 g/mol. The number of rotatable bonds is 4. The zero-order valence-electron chi connectivity index (χ0n) is 22.5. The molecule has 0 bridgehead atoms. The van der Waals surface area contributed by atoms with Crippen LogP contribution in [0.15, 0.2) is 54.2 Å². The Balaban J connectivity index is 1.50. The fraction of sp³-hybridized carbons (Fsp3) is 0.588. The fourth-order valence-corrected chi connectivity index (χ4v) is 9.54. The Kier molecular flexibility index (Phi) is 5.71. The summed E-state index contributed by atoms with van der Waals surface area (Å²) in [5.41, 5.74) is 9.38. The van der Waals surface area contributed by atoms with Gasteiger partial charge in [0.2, 0.25) is 0 Å². The molecule has 2 unspecified atom stereocenters. The molecule has 2 heterocycles. The molecule has 3 fully saturated rings. The second kappa shape index (κ2) is 8.96. The van der Waals surface area contributed by atoms with Crippen molar-refractivity contribution in [3.8, 4) is 0 Å². The molecule has 2 aromatic carbocycles. The monoisotopic (exact) mass is 480 g/mol. The molecule has 2 nitrogen and oxygen atoms in total. The summed E-state index contributed by atoms with van der Waals surface area (Å²) in [4.78, 5) is 5.95. The van der Waals surface area contributed by atoms with Crippen molar-refractivity contribution in [3.63, 3.8) is 0 Å².